The van der Waals surface area contributed by atoms with Crippen molar-refractivity contribution in [1.29, 1.82) is 0 Å². The molecule has 3 N–H and O–H groups in total. The molecule has 2 aliphatic heterocycles. The van der Waals surface area contributed by atoms with Gasteiger partial charge in [0.05, 0.1) is 6.42 Å². The van der Waals surface area contributed by atoms with Crippen LogP contribution >= 0.6 is 0 Å². The highest BCUT2D eigenvalue weighted by Gasteiger charge is 2.34. The van der Waals surface area contributed by atoms with Gasteiger partial charge in [0.1, 0.15) is 6.04 Å². The molecule has 0 aromatic carbocycles. The van der Waals surface area contributed by atoms with Gasteiger partial charge in [-0.25, -0.2) is 9.59 Å². The van der Waals surface area contributed by atoms with Crippen LogP contribution in [0.25, 0.3) is 0 Å². The molecular weight excluding hydrogens is 266 g/mol. The Kier molecular flexibility index (Phi) is 4.43. The van der Waals surface area contributed by atoms with Crippen molar-refractivity contribution < 1.29 is 24.6 Å². The van der Waals surface area contributed by atoms with E-state index in [1.165, 1.54) is 0 Å². The van der Waals surface area contributed by atoms with E-state index in [1.54, 1.807) is 4.90 Å². The fourth-order valence-corrected chi connectivity index (χ4v) is 2.79. The first kappa shape index (κ1) is 14.6. The summed E-state index contributed by atoms with van der Waals surface area (Å²) in [6.45, 7) is 2.96. The molecule has 2 atom stereocenters. The van der Waals surface area contributed by atoms with Crippen molar-refractivity contribution in [2.45, 2.75) is 31.3 Å². The molecule has 2 aliphatic rings. The monoisotopic (exact) mass is 285 g/mol. The molecule has 2 unspecified atom stereocenters. The summed E-state index contributed by atoms with van der Waals surface area (Å²) in [6.07, 6.45) is 1.54. The molecule has 0 spiro atoms. The molecule has 20 heavy (non-hydrogen) atoms. The highest BCUT2D eigenvalue weighted by atomic mass is 16.4. The zero-order valence-electron chi connectivity index (χ0n) is 11.1. The van der Waals surface area contributed by atoms with Gasteiger partial charge in [0.15, 0.2) is 0 Å². The lowest BCUT2D eigenvalue weighted by Crippen LogP contribution is -2.56. The SMILES string of the molecule is O=C(O)CC(NC(=O)N1CCN2CCCC2C1)C(=O)O. The van der Waals surface area contributed by atoms with Gasteiger partial charge in [-0.15, -0.1) is 0 Å². The maximum atomic E-state index is 12.0. The first-order valence-corrected chi connectivity index (χ1v) is 6.71. The number of carboxylic acid groups (broad SMARTS) is 2. The first-order chi connectivity index (χ1) is 9.47. The molecular formula is C12H19N3O5. The molecule has 8 nitrogen and oxygen atoms in total. The van der Waals surface area contributed by atoms with Crippen LogP contribution in [0.1, 0.15) is 19.3 Å². The lowest BCUT2D eigenvalue weighted by molar-refractivity contribution is -0.145. The molecule has 0 saturated carbocycles. The minimum Gasteiger partial charge on any atom is -0.481 e. The number of carboxylic acids is 2. The summed E-state index contributed by atoms with van der Waals surface area (Å²) in [4.78, 5) is 37.4. The van der Waals surface area contributed by atoms with Crippen molar-refractivity contribution in [3.63, 3.8) is 0 Å². The van der Waals surface area contributed by atoms with Crippen LogP contribution in [-0.4, -0.2) is 76.2 Å². The predicted molar refractivity (Wildman–Crippen MR) is 68.4 cm³/mol. The Hall–Kier alpha value is -1.83. The van der Waals surface area contributed by atoms with E-state index in [0.29, 0.717) is 19.1 Å². The Balaban J connectivity index is 1.90. The summed E-state index contributed by atoms with van der Waals surface area (Å²) in [7, 11) is 0. The van der Waals surface area contributed by atoms with Gasteiger partial charge in [0.2, 0.25) is 0 Å². The number of nitrogens with zero attached hydrogens (tertiary/aromatic N) is 2. The summed E-state index contributed by atoms with van der Waals surface area (Å²) >= 11 is 0. The molecule has 0 aromatic heterocycles. The fraction of sp³-hybridized carbons (Fsp3) is 0.750. The van der Waals surface area contributed by atoms with Crippen molar-refractivity contribution >= 4 is 18.0 Å². The Morgan fingerprint density at radius 3 is 2.60 bits per heavy atom. The maximum Gasteiger partial charge on any atom is 0.326 e. The third-order valence-electron chi connectivity index (χ3n) is 3.85. The molecule has 2 amide bonds. The lowest BCUT2D eigenvalue weighted by atomic mass is 10.1. The second-order valence-corrected chi connectivity index (χ2v) is 5.22. The minimum atomic E-state index is -1.39. The van der Waals surface area contributed by atoms with Crippen molar-refractivity contribution in [2.75, 3.05) is 26.2 Å². The van der Waals surface area contributed by atoms with Crippen molar-refractivity contribution in [3.05, 3.63) is 0 Å². The van der Waals surface area contributed by atoms with Gasteiger partial charge < -0.3 is 20.4 Å². The van der Waals surface area contributed by atoms with Crippen molar-refractivity contribution in [2.24, 2.45) is 0 Å². The number of hydrogen-bond acceptors (Lipinski definition) is 4. The van der Waals surface area contributed by atoms with Crippen LogP contribution in [0, 0.1) is 0 Å². The largest absolute Gasteiger partial charge is 0.481 e. The van der Waals surface area contributed by atoms with Crippen LogP contribution in [-0.2, 0) is 9.59 Å². The minimum absolute atomic E-state index is 0.345. The third-order valence-corrected chi connectivity index (χ3v) is 3.85. The standard InChI is InChI=1S/C12H19N3O5/c16-10(17)6-9(11(18)19)13-12(20)15-5-4-14-3-1-2-8(14)7-15/h8-9H,1-7H2,(H,13,20)(H,16,17)(H,18,19). The van der Waals surface area contributed by atoms with Crippen LogP contribution in [0.15, 0.2) is 0 Å². The van der Waals surface area contributed by atoms with E-state index in [0.717, 1.165) is 25.9 Å². The Morgan fingerprint density at radius 2 is 1.95 bits per heavy atom. The van der Waals surface area contributed by atoms with Crippen molar-refractivity contribution in [3.8, 4) is 0 Å². The van der Waals surface area contributed by atoms with Gasteiger partial charge in [-0.05, 0) is 19.4 Å². The molecule has 0 aliphatic carbocycles. The molecule has 0 aromatic rings. The molecule has 8 heteroatoms. The van der Waals surface area contributed by atoms with Gasteiger partial charge >= 0.3 is 18.0 Å². The number of urea groups is 1. The van der Waals surface area contributed by atoms with E-state index in [1.807, 2.05) is 0 Å². The Bertz CT molecular complexity index is 414. The fourth-order valence-electron chi connectivity index (χ4n) is 2.79. The summed E-state index contributed by atoms with van der Waals surface area (Å²) in [5, 5.41) is 19.8. The number of fused-ring (bicyclic) bond motifs is 1. The van der Waals surface area contributed by atoms with Crippen LogP contribution in [0.5, 0.6) is 0 Å². The number of carbonyl (C=O) groups is 3. The van der Waals surface area contributed by atoms with Crippen LogP contribution in [0.4, 0.5) is 4.79 Å². The number of amides is 2. The quantitative estimate of drug-likeness (QED) is 0.636. The number of carbonyl (C=O) groups excluding carboxylic acids is 1. The first-order valence-electron chi connectivity index (χ1n) is 6.71. The number of rotatable bonds is 4. The van der Waals surface area contributed by atoms with Gasteiger partial charge in [0.25, 0.3) is 0 Å². The molecule has 2 heterocycles. The van der Waals surface area contributed by atoms with E-state index in [4.69, 9.17) is 10.2 Å². The van der Waals surface area contributed by atoms with E-state index >= 15 is 0 Å². The average molecular weight is 285 g/mol. The molecule has 112 valence electrons. The summed E-state index contributed by atoms with van der Waals surface area (Å²) < 4.78 is 0. The van der Waals surface area contributed by atoms with E-state index in [2.05, 4.69) is 10.2 Å². The van der Waals surface area contributed by atoms with Crippen LogP contribution in [0.3, 0.4) is 0 Å². The Labute approximate surface area is 116 Å². The van der Waals surface area contributed by atoms with Crippen LogP contribution in [0.2, 0.25) is 0 Å². The number of hydrogen-bond donors (Lipinski definition) is 3. The van der Waals surface area contributed by atoms with Crippen LogP contribution < -0.4 is 5.32 Å². The van der Waals surface area contributed by atoms with E-state index in [9.17, 15) is 14.4 Å². The zero-order valence-corrected chi connectivity index (χ0v) is 11.1. The summed E-state index contributed by atoms with van der Waals surface area (Å²) in [5.41, 5.74) is 0. The molecule has 0 bridgehead atoms. The highest BCUT2D eigenvalue weighted by molar-refractivity contribution is 5.86. The normalized spacial score (nSPS) is 24.0. The third kappa shape index (κ3) is 3.38. The molecule has 2 fully saturated rings. The second kappa shape index (κ2) is 6.08. The number of nitrogens with one attached hydrogen (secondary N) is 1. The number of aliphatic carboxylic acids is 2. The Morgan fingerprint density at radius 1 is 1.20 bits per heavy atom. The smallest absolute Gasteiger partial charge is 0.326 e. The van der Waals surface area contributed by atoms with Crippen molar-refractivity contribution in [1.82, 2.24) is 15.1 Å². The van der Waals surface area contributed by atoms with Gasteiger partial charge in [-0.2, -0.15) is 0 Å². The predicted octanol–water partition coefficient (Wildman–Crippen LogP) is -0.596. The average Bonchev–Trinajstić information content (AvgIpc) is 2.84. The topological polar surface area (TPSA) is 110 Å². The summed E-state index contributed by atoms with van der Waals surface area (Å²) in [6, 6.07) is -1.54. The maximum absolute atomic E-state index is 12.0. The molecule has 0 radical (unpaired) electrons. The van der Waals surface area contributed by atoms with E-state index < -0.39 is 30.4 Å². The zero-order chi connectivity index (χ0) is 14.7. The van der Waals surface area contributed by atoms with Gasteiger partial charge in [-0.3, -0.25) is 9.69 Å². The highest BCUT2D eigenvalue weighted by Crippen LogP contribution is 2.21. The van der Waals surface area contributed by atoms with E-state index in [-0.39, 0.29) is 0 Å². The second-order valence-electron chi connectivity index (χ2n) is 5.22. The summed E-state index contributed by atoms with van der Waals surface area (Å²) in [5.74, 6) is -2.58. The molecule has 2 rings (SSSR count). The van der Waals surface area contributed by atoms with Gasteiger partial charge in [0, 0.05) is 25.7 Å². The lowest BCUT2D eigenvalue weighted by Gasteiger charge is -2.37. The molecule has 2 saturated heterocycles. The van der Waals surface area contributed by atoms with Gasteiger partial charge in [-0.1, -0.05) is 0 Å². The number of piperazine rings is 1.